The second kappa shape index (κ2) is 7.09. The van der Waals surface area contributed by atoms with Gasteiger partial charge in [0.1, 0.15) is 0 Å². The van der Waals surface area contributed by atoms with Gasteiger partial charge in [-0.1, -0.05) is 53.4 Å². The van der Waals surface area contributed by atoms with E-state index in [2.05, 4.69) is 22.0 Å². The molecule has 1 aromatic rings. The minimum Gasteiger partial charge on any atom is -0.341 e. The highest BCUT2D eigenvalue weighted by Crippen LogP contribution is 2.27. The van der Waals surface area contributed by atoms with Crippen LogP contribution in [-0.4, -0.2) is 17.9 Å². The Bertz CT molecular complexity index is 427. The van der Waals surface area contributed by atoms with Crippen LogP contribution < -0.4 is 0 Å². The van der Waals surface area contributed by atoms with Gasteiger partial charge >= 0.3 is 0 Å². The summed E-state index contributed by atoms with van der Waals surface area (Å²) in [5.41, 5.74) is 1.17. The molecule has 1 saturated carbocycles. The van der Waals surface area contributed by atoms with Gasteiger partial charge in [0.25, 0.3) is 0 Å². The third-order valence-electron chi connectivity index (χ3n) is 3.98. The van der Waals surface area contributed by atoms with Gasteiger partial charge in [0.2, 0.25) is 5.91 Å². The molecule has 0 atom stereocenters. The van der Waals surface area contributed by atoms with Crippen LogP contribution in [0, 0.1) is 5.92 Å². The van der Waals surface area contributed by atoms with E-state index in [1.54, 1.807) is 0 Å². The lowest BCUT2D eigenvalue weighted by Crippen LogP contribution is -2.28. The van der Waals surface area contributed by atoms with Crippen molar-refractivity contribution in [3.8, 4) is 0 Å². The van der Waals surface area contributed by atoms with Gasteiger partial charge in [0.05, 0.1) is 0 Å². The molecule has 1 aromatic carbocycles. The number of halogens is 1. The summed E-state index contributed by atoms with van der Waals surface area (Å²) in [7, 11) is 1.91. The molecule has 1 fully saturated rings. The quantitative estimate of drug-likeness (QED) is 0.805. The van der Waals surface area contributed by atoms with Gasteiger partial charge in [0.15, 0.2) is 0 Å². The lowest BCUT2D eigenvalue weighted by molar-refractivity contribution is -0.131. The summed E-state index contributed by atoms with van der Waals surface area (Å²) in [5, 5.41) is 0. The molecule has 1 aliphatic rings. The summed E-state index contributed by atoms with van der Waals surface area (Å²) in [6.45, 7) is 0.687. The maximum absolute atomic E-state index is 12.2. The van der Waals surface area contributed by atoms with Crippen molar-refractivity contribution in [3.63, 3.8) is 0 Å². The van der Waals surface area contributed by atoms with Crippen LogP contribution in [0.5, 0.6) is 0 Å². The molecule has 0 aliphatic heterocycles. The molecule has 0 spiro atoms. The van der Waals surface area contributed by atoms with Gasteiger partial charge in [-0.3, -0.25) is 4.79 Å². The summed E-state index contributed by atoms with van der Waals surface area (Å²) in [4.78, 5) is 14.1. The van der Waals surface area contributed by atoms with Crippen LogP contribution in [0.4, 0.5) is 0 Å². The van der Waals surface area contributed by atoms with E-state index in [9.17, 15) is 4.79 Å². The number of rotatable bonds is 4. The Kier molecular flexibility index (Phi) is 5.44. The monoisotopic (exact) mass is 323 g/mol. The molecule has 1 aliphatic carbocycles. The summed E-state index contributed by atoms with van der Waals surface area (Å²) < 4.78 is 1.08. The van der Waals surface area contributed by atoms with Crippen LogP contribution in [0.15, 0.2) is 28.7 Å². The number of benzene rings is 1. The molecular weight excluding hydrogens is 302 g/mol. The zero-order chi connectivity index (χ0) is 13.7. The minimum absolute atomic E-state index is 0.280. The molecule has 0 N–H and O–H groups in total. The van der Waals surface area contributed by atoms with Gasteiger partial charge in [-0.15, -0.1) is 0 Å². The number of carbonyl (C=O) groups is 1. The second-order valence-corrected chi connectivity index (χ2v) is 6.40. The summed E-state index contributed by atoms with van der Waals surface area (Å²) in [5.74, 6) is 0.894. The minimum atomic E-state index is 0.280. The molecule has 0 saturated heterocycles. The van der Waals surface area contributed by atoms with Gasteiger partial charge in [0, 0.05) is 24.5 Å². The van der Waals surface area contributed by atoms with Gasteiger partial charge in [-0.2, -0.15) is 0 Å². The first-order valence-corrected chi connectivity index (χ1v) is 7.93. The van der Waals surface area contributed by atoms with Crippen molar-refractivity contribution in [1.29, 1.82) is 0 Å². The topological polar surface area (TPSA) is 20.3 Å². The van der Waals surface area contributed by atoms with Crippen molar-refractivity contribution in [1.82, 2.24) is 4.90 Å². The van der Waals surface area contributed by atoms with Crippen molar-refractivity contribution >= 4 is 21.8 Å². The lowest BCUT2D eigenvalue weighted by Gasteiger charge is -2.24. The molecule has 2 nitrogen and oxygen atoms in total. The van der Waals surface area contributed by atoms with Crippen molar-refractivity contribution < 1.29 is 4.79 Å². The van der Waals surface area contributed by atoms with Gasteiger partial charge < -0.3 is 4.90 Å². The molecule has 19 heavy (non-hydrogen) atoms. The van der Waals surface area contributed by atoms with Crippen molar-refractivity contribution in [2.75, 3.05) is 7.05 Å². The van der Waals surface area contributed by atoms with Crippen LogP contribution in [0.1, 0.15) is 44.1 Å². The zero-order valence-corrected chi connectivity index (χ0v) is 13.2. The molecule has 0 unspecified atom stereocenters. The Hall–Kier alpha value is -0.830. The number of hydrogen-bond acceptors (Lipinski definition) is 1. The Labute approximate surface area is 124 Å². The fourth-order valence-electron chi connectivity index (χ4n) is 2.76. The maximum atomic E-state index is 12.2. The highest BCUT2D eigenvalue weighted by Gasteiger charge is 2.19. The van der Waals surface area contributed by atoms with E-state index >= 15 is 0 Å². The van der Waals surface area contributed by atoms with Crippen LogP contribution >= 0.6 is 15.9 Å². The first kappa shape index (κ1) is 14.6. The Morgan fingerprint density at radius 1 is 1.26 bits per heavy atom. The average molecular weight is 324 g/mol. The molecule has 1 amide bonds. The highest BCUT2D eigenvalue weighted by atomic mass is 79.9. The lowest BCUT2D eigenvalue weighted by atomic mass is 9.86. The molecule has 2 rings (SSSR count). The van der Waals surface area contributed by atoms with Crippen LogP contribution in [0.2, 0.25) is 0 Å². The molecule has 0 aromatic heterocycles. The first-order chi connectivity index (χ1) is 9.16. The molecule has 3 heteroatoms. The third-order valence-corrected chi connectivity index (χ3v) is 4.75. The third kappa shape index (κ3) is 4.34. The SMILES string of the molecule is CN(Cc1ccccc1Br)C(=O)CC1CCCCC1. The smallest absolute Gasteiger partial charge is 0.222 e. The fraction of sp³-hybridized carbons (Fsp3) is 0.562. The van der Waals surface area contributed by atoms with E-state index in [1.165, 1.54) is 37.7 Å². The van der Waals surface area contributed by atoms with Crippen LogP contribution in [0.25, 0.3) is 0 Å². The predicted molar refractivity (Wildman–Crippen MR) is 81.8 cm³/mol. The highest BCUT2D eigenvalue weighted by molar-refractivity contribution is 9.10. The van der Waals surface area contributed by atoms with Gasteiger partial charge in [-0.05, 0) is 30.4 Å². The van der Waals surface area contributed by atoms with Crippen molar-refractivity contribution in [3.05, 3.63) is 34.3 Å². The second-order valence-electron chi connectivity index (χ2n) is 5.55. The number of carbonyl (C=O) groups excluding carboxylic acids is 1. The van der Waals surface area contributed by atoms with Crippen LogP contribution in [0.3, 0.4) is 0 Å². The molecule has 0 radical (unpaired) electrons. The van der Waals surface area contributed by atoms with Crippen molar-refractivity contribution in [2.45, 2.75) is 45.1 Å². The largest absolute Gasteiger partial charge is 0.341 e. The first-order valence-electron chi connectivity index (χ1n) is 7.14. The van der Waals surface area contributed by atoms with E-state index in [-0.39, 0.29) is 5.91 Å². The Morgan fingerprint density at radius 2 is 1.95 bits per heavy atom. The van der Waals surface area contributed by atoms with E-state index in [0.29, 0.717) is 12.5 Å². The Balaban J connectivity index is 1.87. The molecule has 0 heterocycles. The molecule has 104 valence electrons. The van der Waals surface area contributed by atoms with E-state index in [1.807, 2.05) is 30.1 Å². The summed E-state index contributed by atoms with van der Waals surface area (Å²) in [6, 6.07) is 8.10. The fourth-order valence-corrected chi connectivity index (χ4v) is 3.17. The number of amides is 1. The normalized spacial score (nSPS) is 16.3. The standard InChI is InChI=1S/C16H22BrNO/c1-18(12-14-9-5-6-10-15(14)17)16(19)11-13-7-3-2-4-8-13/h5-6,9-10,13H,2-4,7-8,11-12H2,1H3. The zero-order valence-electron chi connectivity index (χ0n) is 11.6. The Morgan fingerprint density at radius 3 is 2.63 bits per heavy atom. The maximum Gasteiger partial charge on any atom is 0.222 e. The molecule has 0 bridgehead atoms. The van der Waals surface area contributed by atoms with E-state index in [0.717, 1.165) is 10.9 Å². The molecular formula is C16H22BrNO. The number of nitrogens with zero attached hydrogens (tertiary/aromatic N) is 1. The van der Waals surface area contributed by atoms with Crippen LogP contribution in [-0.2, 0) is 11.3 Å². The van der Waals surface area contributed by atoms with E-state index < -0.39 is 0 Å². The summed E-state index contributed by atoms with van der Waals surface area (Å²) in [6.07, 6.45) is 7.12. The van der Waals surface area contributed by atoms with Gasteiger partial charge in [-0.25, -0.2) is 0 Å². The van der Waals surface area contributed by atoms with E-state index in [4.69, 9.17) is 0 Å². The van der Waals surface area contributed by atoms with Crippen molar-refractivity contribution in [2.24, 2.45) is 5.92 Å². The predicted octanol–water partition coefficient (Wildman–Crippen LogP) is 4.38. The summed E-state index contributed by atoms with van der Waals surface area (Å²) >= 11 is 3.53. The number of hydrogen-bond donors (Lipinski definition) is 0. The average Bonchev–Trinajstić information content (AvgIpc) is 2.42.